The molecule has 1 unspecified atom stereocenters. The van der Waals surface area contributed by atoms with E-state index in [1.165, 1.54) is 17.5 Å². The average molecular weight is 275 g/mol. The zero-order chi connectivity index (χ0) is 10.1. The summed E-state index contributed by atoms with van der Waals surface area (Å²) in [4.78, 5) is 0. The van der Waals surface area contributed by atoms with Crippen LogP contribution in [-0.4, -0.2) is 6.54 Å². The fourth-order valence-electron chi connectivity index (χ4n) is 2.19. The summed E-state index contributed by atoms with van der Waals surface area (Å²) in [7, 11) is 0. The summed E-state index contributed by atoms with van der Waals surface area (Å²) in [6.45, 7) is 0.768. The van der Waals surface area contributed by atoms with Gasteiger partial charge in [-0.25, -0.2) is 0 Å². The van der Waals surface area contributed by atoms with Crippen LogP contribution in [-0.2, 0) is 6.42 Å². The Morgan fingerprint density at radius 2 is 2.29 bits per heavy atom. The van der Waals surface area contributed by atoms with Crippen LogP contribution >= 0.6 is 27.5 Å². The van der Waals surface area contributed by atoms with Crippen molar-refractivity contribution in [1.82, 2.24) is 0 Å². The minimum atomic E-state index is 0.642. The zero-order valence-electron chi connectivity index (χ0n) is 7.89. The summed E-state index contributed by atoms with van der Waals surface area (Å²) in [5, 5.41) is 0.817. The maximum Gasteiger partial charge on any atom is 0.0551 e. The van der Waals surface area contributed by atoms with Gasteiger partial charge < -0.3 is 5.73 Å². The topological polar surface area (TPSA) is 26.0 Å². The molecule has 2 N–H and O–H groups in total. The summed E-state index contributed by atoms with van der Waals surface area (Å²) in [6, 6.07) is 4.24. The van der Waals surface area contributed by atoms with Gasteiger partial charge in [0.05, 0.1) is 5.02 Å². The second-order valence-electron chi connectivity index (χ2n) is 3.78. The van der Waals surface area contributed by atoms with Crippen molar-refractivity contribution in [2.45, 2.75) is 25.2 Å². The van der Waals surface area contributed by atoms with E-state index in [-0.39, 0.29) is 0 Å². The van der Waals surface area contributed by atoms with Crippen LogP contribution in [0.25, 0.3) is 0 Å². The lowest BCUT2D eigenvalue weighted by Crippen LogP contribution is -2.04. The Balaban J connectivity index is 2.35. The third-order valence-corrected chi connectivity index (χ3v) is 4.10. The first-order chi connectivity index (χ1) is 6.72. The molecule has 0 aromatic heterocycles. The highest BCUT2D eigenvalue weighted by Gasteiger charge is 2.22. The lowest BCUT2D eigenvalue weighted by Gasteiger charge is -2.10. The van der Waals surface area contributed by atoms with Gasteiger partial charge in [0.25, 0.3) is 0 Å². The number of rotatable bonds is 2. The smallest absolute Gasteiger partial charge is 0.0551 e. The maximum absolute atomic E-state index is 6.05. The van der Waals surface area contributed by atoms with E-state index in [0.29, 0.717) is 5.92 Å². The van der Waals surface area contributed by atoms with Crippen LogP contribution in [0.15, 0.2) is 16.6 Å². The molecular formula is C11H13BrClN. The molecule has 0 fully saturated rings. The zero-order valence-corrected chi connectivity index (χ0v) is 10.2. The highest BCUT2D eigenvalue weighted by molar-refractivity contribution is 9.10. The standard InChI is InChI=1S/C11H13BrClN/c12-10-6-9-7(3-4-14)1-2-8(9)5-11(10)13/h5-7H,1-4,14H2. The van der Waals surface area contributed by atoms with Gasteiger partial charge in [0.1, 0.15) is 0 Å². The van der Waals surface area contributed by atoms with Gasteiger partial charge in [-0.1, -0.05) is 11.6 Å². The predicted octanol–water partition coefficient (Wildman–Crippen LogP) is 3.48. The van der Waals surface area contributed by atoms with Crippen molar-refractivity contribution in [3.8, 4) is 0 Å². The molecule has 0 amide bonds. The normalized spacial score (nSPS) is 19.8. The van der Waals surface area contributed by atoms with E-state index in [9.17, 15) is 0 Å². The number of halogens is 2. The highest BCUT2D eigenvalue weighted by Crippen LogP contribution is 2.39. The molecule has 14 heavy (non-hydrogen) atoms. The van der Waals surface area contributed by atoms with E-state index in [0.717, 1.165) is 28.9 Å². The van der Waals surface area contributed by atoms with E-state index in [1.807, 2.05) is 0 Å². The van der Waals surface area contributed by atoms with Crippen molar-refractivity contribution >= 4 is 27.5 Å². The van der Waals surface area contributed by atoms with Gasteiger partial charge in [-0.3, -0.25) is 0 Å². The van der Waals surface area contributed by atoms with Gasteiger partial charge in [-0.05, 0) is 70.9 Å². The van der Waals surface area contributed by atoms with Gasteiger partial charge >= 0.3 is 0 Å². The van der Waals surface area contributed by atoms with Gasteiger partial charge in [0.2, 0.25) is 0 Å². The first-order valence-electron chi connectivity index (χ1n) is 4.90. The van der Waals surface area contributed by atoms with Crippen molar-refractivity contribution in [3.63, 3.8) is 0 Å². The number of nitrogens with two attached hydrogens (primary N) is 1. The number of fused-ring (bicyclic) bond motifs is 1. The summed E-state index contributed by atoms with van der Waals surface area (Å²) in [6.07, 6.45) is 3.45. The summed E-state index contributed by atoms with van der Waals surface area (Å²) in [5.74, 6) is 0.642. The van der Waals surface area contributed by atoms with Crippen LogP contribution in [0, 0.1) is 0 Å². The Labute approximate surface area is 97.8 Å². The molecule has 1 atom stereocenters. The molecule has 76 valence electrons. The number of benzene rings is 1. The minimum absolute atomic E-state index is 0.642. The molecule has 1 aliphatic carbocycles. The molecule has 0 bridgehead atoms. The molecule has 0 saturated carbocycles. The molecule has 3 heteroatoms. The lowest BCUT2D eigenvalue weighted by atomic mass is 9.98. The monoisotopic (exact) mass is 273 g/mol. The van der Waals surface area contributed by atoms with E-state index in [2.05, 4.69) is 28.1 Å². The van der Waals surface area contributed by atoms with E-state index in [1.54, 1.807) is 0 Å². The maximum atomic E-state index is 6.05. The molecule has 2 rings (SSSR count). The van der Waals surface area contributed by atoms with Crippen LogP contribution in [0.5, 0.6) is 0 Å². The number of aryl methyl sites for hydroxylation is 1. The van der Waals surface area contributed by atoms with Crippen molar-refractivity contribution in [2.24, 2.45) is 5.73 Å². The van der Waals surface area contributed by atoms with Gasteiger partial charge in [0, 0.05) is 4.47 Å². The van der Waals surface area contributed by atoms with E-state index >= 15 is 0 Å². The van der Waals surface area contributed by atoms with Crippen LogP contribution < -0.4 is 5.73 Å². The van der Waals surface area contributed by atoms with Crippen LogP contribution in [0.1, 0.15) is 29.9 Å². The molecular weight excluding hydrogens is 261 g/mol. The Hall–Kier alpha value is -0.0500. The Morgan fingerprint density at radius 1 is 1.50 bits per heavy atom. The number of hydrogen-bond donors (Lipinski definition) is 1. The lowest BCUT2D eigenvalue weighted by molar-refractivity contribution is 0.627. The predicted molar refractivity (Wildman–Crippen MR) is 63.9 cm³/mol. The van der Waals surface area contributed by atoms with Crippen molar-refractivity contribution < 1.29 is 0 Å². The van der Waals surface area contributed by atoms with Crippen LogP contribution in [0.3, 0.4) is 0 Å². The van der Waals surface area contributed by atoms with Gasteiger partial charge in [0.15, 0.2) is 0 Å². The molecule has 1 aliphatic rings. The molecule has 1 aromatic rings. The van der Waals surface area contributed by atoms with Crippen LogP contribution in [0.2, 0.25) is 5.02 Å². The van der Waals surface area contributed by atoms with Crippen molar-refractivity contribution in [3.05, 3.63) is 32.8 Å². The molecule has 0 saturated heterocycles. The SMILES string of the molecule is NCCC1CCc2cc(Cl)c(Br)cc21. The largest absolute Gasteiger partial charge is 0.330 e. The minimum Gasteiger partial charge on any atom is -0.330 e. The second-order valence-corrected chi connectivity index (χ2v) is 5.04. The molecule has 0 aliphatic heterocycles. The fraction of sp³-hybridized carbons (Fsp3) is 0.455. The third kappa shape index (κ3) is 1.83. The molecule has 0 radical (unpaired) electrons. The summed E-state index contributed by atoms with van der Waals surface area (Å²) >= 11 is 9.51. The van der Waals surface area contributed by atoms with E-state index in [4.69, 9.17) is 17.3 Å². The molecule has 0 spiro atoms. The summed E-state index contributed by atoms with van der Waals surface area (Å²) < 4.78 is 1.00. The second kappa shape index (κ2) is 4.21. The Morgan fingerprint density at radius 3 is 3.00 bits per heavy atom. The summed E-state index contributed by atoms with van der Waals surface area (Å²) in [5.41, 5.74) is 8.43. The third-order valence-electron chi connectivity index (χ3n) is 2.90. The van der Waals surface area contributed by atoms with Crippen LogP contribution in [0.4, 0.5) is 0 Å². The number of hydrogen-bond acceptors (Lipinski definition) is 1. The average Bonchev–Trinajstić information content (AvgIpc) is 2.51. The molecule has 1 aromatic carbocycles. The van der Waals surface area contributed by atoms with Crippen molar-refractivity contribution in [1.29, 1.82) is 0 Å². The molecule has 1 nitrogen and oxygen atoms in total. The van der Waals surface area contributed by atoms with Gasteiger partial charge in [-0.2, -0.15) is 0 Å². The van der Waals surface area contributed by atoms with Crippen molar-refractivity contribution in [2.75, 3.05) is 6.54 Å². The first-order valence-corrected chi connectivity index (χ1v) is 6.07. The van der Waals surface area contributed by atoms with Gasteiger partial charge in [-0.15, -0.1) is 0 Å². The Kier molecular flexibility index (Phi) is 3.15. The molecule has 0 heterocycles. The fourth-order valence-corrected chi connectivity index (χ4v) is 2.73. The quantitative estimate of drug-likeness (QED) is 0.878. The first kappa shape index (κ1) is 10.5. The highest BCUT2D eigenvalue weighted by atomic mass is 79.9. The van der Waals surface area contributed by atoms with E-state index < -0.39 is 0 Å². The Bertz CT molecular complexity index is 351.